The Morgan fingerprint density at radius 1 is 1.00 bits per heavy atom. The van der Waals surface area contributed by atoms with Gasteiger partial charge in [-0.3, -0.25) is 14.8 Å². The van der Waals surface area contributed by atoms with Crippen molar-refractivity contribution in [1.29, 1.82) is 0 Å². The van der Waals surface area contributed by atoms with Crippen molar-refractivity contribution >= 4 is 22.8 Å². The molecule has 0 spiro atoms. The van der Waals surface area contributed by atoms with Crippen LogP contribution < -0.4 is 5.32 Å². The van der Waals surface area contributed by atoms with Gasteiger partial charge in [-0.05, 0) is 50.5 Å². The van der Waals surface area contributed by atoms with Crippen molar-refractivity contribution in [3.8, 4) is 11.3 Å². The van der Waals surface area contributed by atoms with Crippen LogP contribution in [0, 0.1) is 5.82 Å². The highest BCUT2D eigenvalue weighted by Gasteiger charge is 2.23. The molecule has 198 valence electrons. The SMILES string of the molecule is CC(C)N1CCN(Cc2ccc(Nc3ncc(F)c(-c4cn(C5CCCC5)c5cccnc45)n3)nc2)CC1. The molecule has 1 aliphatic heterocycles. The van der Waals surface area contributed by atoms with Crippen LogP contribution in [-0.4, -0.2) is 66.5 Å². The summed E-state index contributed by atoms with van der Waals surface area (Å²) in [7, 11) is 0. The lowest BCUT2D eigenvalue weighted by atomic mass is 10.2. The fraction of sp³-hybridized carbons (Fsp3) is 0.448. The van der Waals surface area contributed by atoms with E-state index in [0.29, 0.717) is 29.4 Å². The monoisotopic (exact) mass is 514 g/mol. The molecule has 2 fully saturated rings. The number of nitrogens with one attached hydrogen (secondary N) is 1. The predicted octanol–water partition coefficient (Wildman–Crippen LogP) is 5.41. The van der Waals surface area contributed by atoms with Crippen LogP contribution in [-0.2, 0) is 6.54 Å². The van der Waals surface area contributed by atoms with Crippen molar-refractivity contribution < 1.29 is 4.39 Å². The highest BCUT2D eigenvalue weighted by Crippen LogP contribution is 2.37. The molecule has 2 aliphatic rings. The zero-order valence-electron chi connectivity index (χ0n) is 22.1. The van der Waals surface area contributed by atoms with Crippen LogP contribution in [0.3, 0.4) is 0 Å². The Kier molecular flexibility index (Phi) is 7.04. The highest BCUT2D eigenvalue weighted by molar-refractivity contribution is 5.92. The van der Waals surface area contributed by atoms with Gasteiger partial charge in [0, 0.05) is 69.0 Å². The molecular formula is C29H35FN8. The second-order valence-corrected chi connectivity index (χ2v) is 10.7. The summed E-state index contributed by atoms with van der Waals surface area (Å²) in [6, 6.07) is 9.01. The van der Waals surface area contributed by atoms with Crippen LogP contribution in [0.4, 0.5) is 16.2 Å². The molecule has 1 saturated heterocycles. The summed E-state index contributed by atoms with van der Waals surface area (Å²) >= 11 is 0. The van der Waals surface area contributed by atoms with Gasteiger partial charge in [-0.15, -0.1) is 0 Å². The average molecular weight is 515 g/mol. The standard InChI is InChI=1S/C29H35FN8/c1-20(2)37-14-12-36(13-15-37)18-21-9-10-26(32-16-21)34-29-33-17-24(30)27(35-29)23-19-38(22-6-3-4-7-22)25-8-5-11-31-28(23)25/h5,8-11,16-17,19-20,22H,3-4,6-7,12-15,18H2,1-2H3,(H,32,33,34,35). The van der Waals surface area contributed by atoms with Gasteiger partial charge in [0.25, 0.3) is 0 Å². The smallest absolute Gasteiger partial charge is 0.229 e. The van der Waals surface area contributed by atoms with Gasteiger partial charge in [0.1, 0.15) is 11.5 Å². The maximum atomic E-state index is 15.0. The Hall–Kier alpha value is -3.43. The highest BCUT2D eigenvalue weighted by atomic mass is 19.1. The number of aromatic nitrogens is 5. The van der Waals surface area contributed by atoms with Crippen LogP contribution in [0.25, 0.3) is 22.3 Å². The number of hydrogen-bond acceptors (Lipinski definition) is 7. The largest absolute Gasteiger partial charge is 0.342 e. The third-order valence-corrected chi connectivity index (χ3v) is 7.91. The summed E-state index contributed by atoms with van der Waals surface area (Å²) in [5.41, 5.74) is 3.89. The van der Waals surface area contributed by atoms with Crippen molar-refractivity contribution in [3.05, 3.63) is 60.4 Å². The minimum Gasteiger partial charge on any atom is -0.342 e. The second-order valence-electron chi connectivity index (χ2n) is 10.7. The number of fused-ring (bicyclic) bond motifs is 1. The van der Waals surface area contributed by atoms with Crippen molar-refractivity contribution in [1.82, 2.24) is 34.3 Å². The summed E-state index contributed by atoms with van der Waals surface area (Å²) in [5, 5.41) is 3.15. The van der Waals surface area contributed by atoms with Crippen LogP contribution in [0.2, 0.25) is 0 Å². The van der Waals surface area contributed by atoms with Gasteiger partial charge in [0.15, 0.2) is 5.82 Å². The lowest BCUT2D eigenvalue weighted by Crippen LogP contribution is -2.48. The zero-order valence-corrected chi connectivity index (χ0v) is 22.1. The van der Waals surface area contributed by atoms with Crippen molar-refractivity contribution in [2.75, 3.05) is 31.5 Å². The third-order valence-electron chi connectivity index (χ3n) is 7.91. The average Bonchev–Trinajstić information content (AvgIpc) is 3.60. The van der Waals surface area contributed by atoms with E-state index in [0.717, 1.165) is 56.6 Å². The Balaban J connectivity index is 1.19. The number of rotatable bonds is 7. The number of nitrogens with zero attached hydrogens (tertiary/aromatic N) is 7. The van der Waals surface area contributed by atoms with Gasteiger partial charge in [0.05, 0.1) is 17.2 Å². The third kappa shape index (κ3) is 5.13. The molecule has 38 heavy (non-hydrogen) atoms. The van der Waals surface area contributed by atoms with E-state index in [-0.39, 0.29) is 5.69 Å². The lowest BCUT2D eigenvalue weighted by Gasteiger charge is -2.36. The van der Waals surface area contributed by atoms with Crippen LogP contribution in [0.15, 0.2) is 49.1 Å². The first-order chi connectivity index (χ1) is 18.5. The molecule has 8 nitrogen and oxygen atoms in total. The molecule has 0 radical (unpaired) electrons. The van der Waals surface area contributed by atoms with Crippen molar-refractivity contribution in [2.45, 2.75) is 58.2 Å². The molecular weight excluding hydrogens is 479 g/mol. The first-order valence-corrected chi connectivity index (χ1v) is 13.7. The number of anilines is 2. The first kappa shape index (κ1) is 24.9. The molecule has 0 unspecified atom stereocenters. The van der Waals surface area contributed by atoms with Gasteiger partial charge in [-0.1, -0.05) is 18.9 Å². The molecule has 5 heterocycles. The second kappa shape index (κ2) is 10.7. The van der Waals surface area contributed by atoms with Crippen molar-refractivity contribution in [3.63, 3.8) is 0 Å². The number of halogens is 1. The Morgan fingerprint density at radius 3 is 2.55 bits per heavy atom. The normalized spacial score (nSPS) is 17.6. The number of pyridine rings is 2. The number of hydrogen-bond donors (Lipinski definition) is 1. The van der Waals surface area contributed by atoms with Crippen molar-refractivity contribution in [2.24, 2.45) is 0 Å². The van der Waals surface area contributed by atoms with Gasteiger partial charge >= 0.3 is 0 Å². The minimum absolute atomic E-state index is 0.250. The van der Waals surface area contributed by atoms with E-state index in [1.807, 2.05) is 24.5 Å². The summed E-state index contributed by atoms with van der Waals surface area (Å²) in [6.45, 7) is 9.73. The van der Waals surface area contributed by atoms with E-state index >= 15 is 4.39 Å². The maximum absolute atomic E-state index is 15.0. The van der Waals surface area contributed by atoms with E-state index in [9.17, 15) is 0 Å². The quantitative estimate of drug-likeness (QED) is 0.353. The van der Waals surface area contributed by atoms with Gasteiger partial charge < -0.3 is 9.88 Å². The summed E-state index contributed by atoms with van der Waals surface area (Å²) < 4.78 is 17.3. The zero-order chi connectivity index (χ0) is 26.1. The Bertz CT molecular complexity index is 1390. The maximum Gasteiger partial charge on any atom is 0.229 e. The van der Waals surface area contributed by atoms with E-state index in [1.54, 1.807) is 6.20 Å². The minimum atomic E-state index is -0.465. The van der Waals surface area contributed by atoms with E-state index in [2.05, 4.69) is 65.6 Å². The Labute approximate surface area is 222 Å². The number of piperazine rings is 1. The van der Waals surface area contributed by atoms with E-state index < -0.39 is 5.82 Å². The predicted molar refractivity (Wildman–Crippen MR) is 148 cm³/mol. The van der Waals surface area contributed by atoms with E-state index in [4.69, 9.17) is 0 Å². The van der Waals surface area contributed by atoms with Crippen LogP contribution in [0.1, 0.15) is 51.1 Å². The van der Waals surface area contributed by atoms with Gasteiger partial charge in [-0.2, -0.15) is 0 Å². The van der Waals surface area contributed by atoms with Gasteiger partial charge in [-0.25, -0.2) is 19.3 Å². The molecule has 4 aromatic heterocycles. The molecule has 0 bridgehead atoms. The lowest BCUT2D eigenvalue weighted by molar-refractivity contribution is 0.104. The fourth-order valence-electron chi connectivity index (χ4n) is 5.76. The first-order valence-electron chi connectivity index (χ1n) is 13.7. The molecule has 1 aliphatic carbocycles. The van der Waals surface area contributed by atoms with Crippen LogP contribution >= 0.6 is 0 Å². The molecule has 0 atom stereocenters. The Morgan fingerprint density at radius 2 is 1.82 bits per heavy atom. The van der Waals surface area contributed by atoms with E-state index in [1.165, 1.54) is 24.6 Å². The van der Waals surface area contributed by atoms with Crippen LogP contribution in [0.5, 0.6) is 0 Å². The molecule has 9 heteroatoms. The molecule has 6 rings (SSSR count). The molecule has 0 amide bonds. The summed E-state index contributed by atoms with van der Waals surface area (Å²) in [5.74, 6) is 0.471. The topological polar surface area (TPSA) is 75.0 Å². The molecule has 0 aromatic carbocycles. The molecule has 1 N–H and O–H groups in total. The molecule has 1 saturated carbocycles. The fourth-order valence-corrected chi connectivity index (χ4v) is 5.76. The molecule has 4 aromatic rings. The summed E-state index contributed by atoms with van der Waals surface area (Å²) in [4.78, 5) is 22.9. The summed E-state index contributed by atoms with van der Waals surface area (Å²) in [6.07, 6.45) is 11.6. The van der Waals surface area contributed by atoms with Gasteiger partial charge in [0.2, 0.25) is 5.95 Å².